The van der Waals surface area contributed by atoms with Gasteiger partial charge in [-0.25, -0.2) is 0 Å². The number of thiocarbonyl (C=S) groups is 1. The summed E-state index contributed by atoms with van der Waals surface area (Å²) in [4.78, 5) is 11.4. The van der Waals surface area contributed by atoms with E-state index in [1.165, 1.54) is 6.92 Å². The highest BCUT2D eigenvalue weighted by Gasteiger charge is 2.40. The van der Waals surface area contributed by atoms with Crippen molar-refractivity contribution in [1.29, 1.82) is 0 Å². The predicted octanol–water partition coefficient (Wildman–Crippen LogP) is -2.99. The number of rotatable bonds is 6. The minimum absolute atomic E-state index is 0.0159. The zero-order valence-corrected chi connectivity index (χ0v) is 11.7. The number of carbonyl (C=O) groups is 1. The first-order valence-corrected chi connectivity index (χ1v) is 6.48. The van der Waals surface area contributed by atoms with Gasteiger partial charge in [-0.05, 0) is 6.92 Å². The van der Waals surface area contributed by atoms with Gasteiger partial charge < -0.3 is 35.1 Å². The van der Waals surface area contributed by atoms with Crippen molar-refractivity contribution >= 4 is 30.1 Å². The molecule has 8 nitrogen and oxygen atoms in total. The molecule has 0 bridgehead atoms. The lowest BCUT2D eigenvalue weighted by Gasteiger charge is -2.36. The monoisotopic (exact) mass is 307 g/mol. The molecule has 1 saturated heterocycles. The van der Waals surface area contributed by atoms with Crippen LogP contribution in [0.4, 0.5) is 0 Å². The molecule has 0 spiro atoms. The molecule has 0 radical (unpaired) electrons. The molecule has 20 heavy (non-hydrogen) atoms. The average Bonchev–Trinajstić information content (AvgIpc) is 2.44. The van der Waals surface area contributed by atoms with Gasteiger partial charge in [0.2, 0.25) is 0 Å². The maximum atomic E-state index is 11.3. The minimum atomic E-state index is -1.47. The predicted molar refractivity (Wildman–Crippen MR) is 73.0 cm³/mol. The highest BCUT2D eigenvalue weighted by atomic mass is 32.1. The number of hydrogen-bond donors (Lipinski definition) is 5. The Kier molecular flexibility index (Phi) is 6.96. The molecule has 1 heterocycles. The van der Waals surface area contributed by atoms with Gasteiger partial charge in [0, 0.05) is 0 Å². The molecule has 1 aliphatic rings. The maximum absolute atomic E-state index is 11.3. The smallest absolute Gasteiger partial charge is 0.407 e. The van der Waals surface area contributed by atoms with Gasteiger partial charge in [-0.15, -0.1) is 0 Å². The van der Waals surface area contributed by atoms with Gasteiger partial charge in [0.15, 0.2) is 0 Å². The Labute approximate surface area is 121 Å². The largest absolute Gasteiger partial charge is 0.477 e. The molecule has 1 fully saturated rings. The summed E-state index contributed by atoms with van der Waals surface area (Å²) in [5.41, 5.74) is 0. The van der Waals surface area contributed by atoms with Crippen molar-refractivity contribution in [3.05, 3.63) is 0 Å². The first-order chi connectivity index (χ1) is 9.36. The summed E-state index contributed by atoms with van der Waals surface area (Å²) in [6.07, 6.45) is -5.19. The third-order valence-electron chi connectivity index (χ3n) is 2.81. The highest BCUT2D eigenvalue weighted by Crippen LogP contribution is 2.16. The van der Waals surface area contributed by atoms with E-state index in [1.807, 2.05) is 0 Å². The van der Waals surface area contributed by atoms with Gasteiger partial charge in [0.25, 0.3) is 5.91 Å². The van der Waals surface area contributed by atoms with Crippen molar-refractivity contribution in [2.75, 3.05) is 19.7 Å². The highest BCUT2D eigenvalue weighted by molar-refractivity contribution is 7.82. The summed E-state index contributed by atoms with van der Waals surface area (Å²) in [6.45, 7) is 0.679. The molecular formula is C10H18BNO7S. The van der Waals surface area contributed by atoms with Crippen LogP contribution in [-0.4, -0.2) is 82.4 Å². The summed E-state index contributed by atoms with van der Waals surface area (Å²) in [5, 5.41) is 40.0. The molecule has 0 aromatic rings. The Hall–Kier alpha value is -0.615. The van der Waals surface area contributed by atoms with E-state index in [-0.39, 0.29) is 17.9 Å². The number of aliphatic hydroxyl groups is 4. The summed E-state index contributed by atoms with van der Waals surface area (Å²) >= 11 is 4.68. The molecule has 0 aromatic carbocycles. The zero-order chi connectivity index (χ0) is 15.3. The Morgan fingerprint density at radius 1 is 1.55 bits per heavy atom. The fourth-order valence-corrected chi connectivity index (χ4v) is 1.72. The Balaban J connectivity index is 2.53. The van der Waals surface area contributed by atoms with E-state index in [4.69, 9.17) is 14.4 Å². The van der Waals surface area contributed by atoms with Crippen LogP contribution in [0.2, 0.25) is 0 Å². The van der Waals surface area contributed by atoms with E-state index in [2.05, 4.69) is 17.5 Å². The van der Waals surface area contributed by atoms with Gasteiger partial charge in [0.1, 0.15) is 18.3 Å². The zero-order valence-electron chi connectivity index (χ0n) is 10.9. The van der Waals surface area contributed by atoms with Gasteiger partial charge in [-0.3, -0.25) is 4.79 Å². The summed E-state index contributed by atoms with van der Waals surface area (Å²) in [6, 6.07) is 0. The number of aliphatic hydroxyl groups excluding tert-OH is 4. The van der Waals surface area contributed by atoms with Crippen LogP contribution < -0.4 is 5.32 Å². The molecule has 10 heteroatoms. The summed E-state index contributed by atoms with van der Waals surface area (Å²) < 4.78 is 10.4. The van der Waals surface area contributed by atoms with Gasteiger partial charge in [-0.2, -0.15) is 0 Å². The van der Waals surface area contributed by atoms with E-state index in [1.54, 1.807) is 0 Å². The fourth-order valence-electron chi connectivity index (χ4n) is 1.65. The summed E-state index contributed by atoms with van der Waals surface area (Å²) in [7, 11) is -0.887. The average molecular weight is 307 g/mol. The van der Waals surface area contributed by atoms with Crippen LogP contribution in [0, 0.1) is 0 Å². The van der Waals surface area contributed by atoms with E-state index < -0.39 is 44.0 Å². The van der Waals surface area contributed by atoms with Gasteiger partial charge in [0.05, 0.1) is 30.6 Å². The standard InChI is InChI=1S/C10H18BNO7S/c1-5(20)10(17)12-4-11-18-3-7(15)9(19-11)8(16)6(14)2-13/h6-9,13-16H,2-4H2,1H3,(H,12,17). The quantitative estimate of drug-likeness (QED) is 0.260. The fraction of sp³-hybridized carbons (Fsp3) is 0.800. The lowest BCUT2D eigenvalue weighted by atomic mass is 9.85. The van der Waals surface area contributed by atoms with Crippen molar-refractivity contribution in [3.63, 3.8) is 0 Å². The van der Waals surface area contributed by atoms with Crippen LogP contribution in [-0.2, 0) is 14.1 Å². The van der Waals surface area contributed by atoms with Crippen LogP contribution in [0.25, 0.3) is 0 Å². The number of nitrogens with one attached hydrogen (secondary N) is 1. The van der Waals surface area contributed by atoms with E-state index in [0.29, 0.717) is 0 Å². The number of hydrogen-bond acceptors (Lipinski definition) is 8. The first-order valence-electron chi connectivity index (χ1n) is 6.07. The first kappa shape index (κ1) is 17.4. The van der Waals surface area contributed by atoms with Crippen molar-refractivity contribution in [2.45, 2.75) is 31.3 Å². The third kappa shape index (κ3) is 4.74. The van der Waals surface area contributed by atoms with Crippen molar-refractivity contribution in [1.82, 2.24) is 5.32 Å². The van der Waals surface area contributed by atoms with Crippen molar-refractivity contribution in [3.8, 4) is 0 Å². The Morgan fingerprint density at radius 2 is 2.20 bits per heavy atom. The van der Waals surface area contributed by atoms with E-state index in [0.717, 1.165) is 0 Å². The molecule has 0 aromatic heterocycles. The molecule has 0 saturated carbocycles. The third-order valence-corrected chi connectivity index (χ3v) is 2.99. The number of carbonyl (C=O) groups excluding carboxylic acids is 1. The SMILES string of the molecule is CC(=S)C(=O)NCB1OCC(O)C(C(O)C(O)CO)O1. The molecule has 1 rings (SSSR count). The summed E-state index contributed by atoms with van der Waals surface area (Å²) in [5.74, 6) is -0.439. The molecule has 4 unspecified atom stereocenters. The van der Waals surface area contributed by atoms with Gasteiger partial charge in [-0.1, -0.05) is 12.2 Å². The number of amides is 1. The molecule has 1 amide bonds. The van der Waals surface area contributed by atoms with Crippen LogP contribution in [0.15, 0.2) is 0 Å². The van der Waals surface area contributed by atoms with Crippen molar-refractivity contribution < 1.29 is 34.5 Å². The molecule has 0 aliphatic carbocycles. The Morgan fingerprint density at radius 3 is 2.75 bits per heavy atom. The maximum Gasteiger partial charge on any atom is 0.477 e. The molecule has 4 atom stereocenters. The molecule has 5 N–H and O–H groups in total. The molecule has 1 aliphatic heterocycles. The van der Waals surface area contributed by atoms with Gasteiger partial charge >= 0.3 is 7.12 Å². The second-order valence-corrected chi connectivity index (χ2v) is 5.05. The van der Waals surface area contributed by atoms with Crippen LogP contribution in [0.5, 0.6) is 0 Å². The minimum Gasteiger partial charge on any atom is -0.407 e. The lowest BCUT2D eigenvalue weighted by molar-refractivity contribution is -0.138. The van der Waals surface area contributed by atoms with Crippen LogP contribution in [0.1, 0.15) is 6.92 Å². The second-order valence-electron chi connectivity index (χ2n) is 4.44. The Bertz CT molecular complexity index is 358. The van der Waals surface area contributed by atoms with E-state index in [9.17, 15) is 20.1 Å². The molecular weight excluding hydrogens is 289 g/mol. The lowest BCUT2D eigenvalue weighted by Crippen LogP contribution is -2.57. The normalized spacial score (nSPS) is 25.9. The molecule has 114 valence electrons. The second kappa shape index (κ2) is 7.98. The van der Waals surface area contributed by atoms with Crippen molar-refractivity contribution in [2.24, 2.45) is 0 Å². The van der Waals surface area contributed by atoms with E-state index >= 15 is 0 Å². The topological polar surface area (TPSA) is 128 Å². The van der Waals surface area contributed by atoms with Crippen LogP contribution in [0.3, 0.4) is 0 Å². The van der Waals surface area contributed by atoms with Crippen LogP contribution >= 0.6 is 12.2 Å².